The Labute approximate surface area is 317 Å². The predicted molar refractivity (Wildman–Crippen MR) is 193 cm³/mol. The van der Waals surface area contributed by atoms with Crippen molar-refractivity contribution >= 4 is 5.78 Å². The third-order valence-corrected chi connectivity index (χ3v) is 14.6. The second kappa shape index (κ2) is 15.6. The first-order valence-corrected chi connectivity index (χ1v) is 19.8. The van der Waals surface area contributed by atoms with Crippen molar-refractivity contribution in [1.82, 2.24) is 0 Å². The molecule has 0 spiro atoms. The van der Waals surface area contributed by atoms with Crippen LogP contribution in [-0.2, 0) is 23.7 Å². The maximum atomic E-state index is 13.5. The first kappa shape index (κ1) is 40.0. The van der Waals surface area contributed by atoms with Crippen molar-refractivity contribution in [3.8, 4) is 11.5 Å². The van der Waals surface area contributed by atoms with Crippen LogP contribution in [0.4, 0.5) is 0 Å². The largest absolute Gasteiger partial charge is 0.497 e. The summed E-state index contributed by atoms with van der Waals surface area (Å²) in [5, 5.41) is 62.3. The first-order valence-electron chi connectivity index (χ1n) is 19.8. The molecule has 2 saturated heterocycles. The summed E-state index contributed by atoms with van der Waals surface area (Å²) >= 11 is 0. The lowest BCUT2D eigenvalue weighted by molar-refractivity contribution is -0.348. The normalized spacial score (nSPS) is 46.1. The highest BCUT2D eigenvalue weighted by atomic mass is 16.7. The van der Waals surface area contributed by atoms with Gasteiger partial charge in [0, 0.05) is 17.9 Å². The molecule has 0 radical (unpaired) electrons. The van der Waals surface area contributed by atoms with Gasteiger partial charge in [0.2, 0.25) is 0 Å². The molecule has 2 heterocycles. The molecule has 3 saturated carbocycles. The highest BCUT2D eigenvalue weighted by Crippen LogP contribution is 2.69. The molecule has 0 bridgehead atoms. The maximum Gasteiger partial charge on any atom is 0.186 e. The number of carbonyl (C=O) groups is 1. The van der Waals surface area contributed by atoms with E-state index in [-0.39, 0.29) is 41.0 Å². The Morgan fingerprint density at radius 1 is 0.889 bits per heavy atom. The minimum atomic E-state index is -1.51. The molecule has 4 aliphatic carbocycles. The fourth-order valence-electron chi connectivity index (χ4n) is 11.8. The van der Waals surface area contributed by atoms with Crippen LogP contribution in [0.1, 0.15) is 83.6 Å². The summed E-state index contributed by atoms with van der Waals surface area (Å²) in [6, 6.07) is 5.90. The molecule has 1 aromatic rings. The lowest BCUT2D eigenvalue weighted by Gasteiger charge is -2.58. The molecule has 0 aromatic heterocycles. The standard InChI is InChI=1S/C41H60O13/c1-20(44)34-26(25-15-22(49-4)7-9-30(25)50-5)16-28-24-8-6-21-14-23(10-12-40(21,2)27(24)11-13-41(28,34)3)51-39-37(48)36(47)38(32(19-43)53-39)54-33-17-29(45)35(46)31(18-42)52-33/h6-7,9,15,23-24,26-29,31-39,42-43,45-48H,8,10-14,16-19H2,1-5H3/t23?,24?,26?,27?,28?,29?,31?,32?,33?,34?,35-,36?,37?,38+,39?,40?,41?/m0/s1. The average Bonchev–Trinajstić information content (AvgIpc) is 3.49. The first-order chi connectivity index (χ1) is 25.8. The molecule has 7 rings (SSSR count). The Morgan fingerprint density at radius 3 is 2.33 bits per heavy atom. The van der Waals surface area contributed by atoms with Crippen LogP contribution in [0.2, 0.25) is 0 Å². The van der Waals surface area contributed by atoms with Crippen LogP contribution in [0, 0.1) is 34.5 Å². The number of allylic oxidation sites excluding steroid dienone is 1. The van der Waals surface area contributed by atoms with E-state index in [1.165, 1.54) is 5.57 Å². The number of aliphatic hydroxyl groups excluding tert-OH is 6. The maximum absolute atomic E-state index is 13.5. The van der Waals surface area contributed by atoms with Crippen molar-refractivity contribution in [2.75, 3.05) is 27.4 Å². The molecule has 15 unspecified atom stereocenters. The second-order valence-electron chi connectivity index (χ2n) is 17.2. The quantitative estimate of drug-likeness (QED) is 0.191. The topological polar surface area (TPSA) is 194 Å². The van der Waals surface area contributed by atoms with Crippen molar-refractivity contribution in [1.29, 1.82) is 0 Å². The summed E-state index contributed by atoms with van der Waals surface area (Å²) in [6.07, 6.45) is -3.13. The molecule has 17 atom stereocenters. The number of aliphatic hydroxyl groups is 6. The van der Waals surface area contributed by atoms with Gasteiger partial charge in [-0.25, -0.2) is 0 Å². The number of carbonyl (C=O) groups excluding carboxylic acids is 1. The Balaban J connectivity index is 1.04. The van der Waals surface area contributed by atoms with E-state index in [2.05, 4.69) is 26.0 Å². The average molecular weight is 761 g/mol. The third-order valence-electron chi connectivity index (χ3n) is 14.6. The van der Waals surface area contributed by atoms with Crippen LogP contribution < -0.4 is 9.47 Å². The molecule has 302 valence electrons. The lowest BCUT2D eigenvalue weighted by atomic mass is 9.47. The van der Waals surface area contributed by atoms with Gasteiger partial charge in [-0.2, -0.15) is 0 Å². The van der Waals surface area contributed by atoms with Gasteiger partial charge in [-0.1, -0.05) is 25.5 Å². The third kappa shape index (κ3) is 6.84. The van der Waals surface area contributed by atoms with E-state index in [0.717, 1.165) is 55.6 Å². The van der Waals surface area contributed by atoms with Crippen molar-refractivity contribution in [2.45, 2.75) is 139 Å². The molecule has 13 nitrogen and oxygen atoms in total. The van der Waals surface area contributed by atoms with Gasteiger partial charge < -0.3 is 59.1 Å². The Bertz CT molecular complexity index is 1530. The number of hydrogen-bond donors (Lipinski definition) is 6. The minimum Gasteiger partial charge on any atom is -0.497 e. The lowest BCUT2D eigenvalue weighted by Crippen LogP contribution is -2.62. The highest BCUT2D eigenvalue weighted by molar-refractivity contribution is 5.81. The summed E-state index contributed by atoms with van der Waals surface area (Å²) in [7, 11) is 3.35. The van der Waals surface area contributed by atoms with Gasteiger partial charge in [-0.3, -0.25) is 4.79 Å². The van der Waals surface area contributed by atoms with Crippen LogP contribution in [-0.4, -0.2) is 125 Å². The molecule has 1 aromatic carbocycles. The molecule has 6 aliphatic rings. The van der Waals surface area contributed by atoms with Crippen LogP contribution in [0.25, 0.3) is 0 Å². The zero-order chi connectivity index (χ0) is 38.7. The van der Waals surface area contributed by atoms with Gasteiger partial charge in [-0.15, -0.1) is 0 Å². The number of hydrogen-bond acceptors (Lipinski definition) is 13. The van der Waals surface area contributed by atoms with Gasteiger partial charge in [0.1, 0.15) is 53.9 Å². The molecule has 0 amide bonds. The number of methoxy groups -OCH3 is 2. The van der Waals surface area contributed by atoms with Crippen molar-refractivity contribution in [3.63, 3.8) is 0 Å². The van der Waals surface area contributed by atoms with E-state index in [1.54, 1.807) is 21.1 Å². The van der Waals surface area contributed by atoms with Crippen molar-refractivity contribution < 1.29 is 63.9 Å². The van der Waals surface area contributed by atoms with Gasteiger partial charge in [-0.05, 0) is 105 Å². The van der Waals surface area contributed by atoms with Crippen LogP contribution >= 0.6 is 0 Å². The summed E-state index contributed by atoms with van der Waals surface area (Å²) in [5.74, 6) is 2.99. The Hall–Kier alpha value is -2.17. The second-order valence-corrected chi connectivity index (χ2v) is 17.2. The molecule has 5 fully saturated rings. The van der Waals surface area contributed by atoms with E-state index < -0.39 is 68.5 Å². The van der Waals surface area contributed by atoms with E-state index in [1.807, 2.05) is 12.1 Å². The summed E-state index contributed by atoms with van der Waals surface area (Å²) in [5.41, 5.74) is 2.23. The molecular weight excluding hydrogens is 700 g/mol. The van der Waals surface area contributed by atoms with Gasteiger partial charge >= 0.3 is 0 Å². The predicted octanol–water partition coefficient (Wildman–Crippen LogP) is 2.60. The Kier molecular flexibility index (Phi) is 11.6. The zero-order valence-corrected chi connectivity index (χ0v) is 32.1. The van der Waals surface area contributed by atoms with E-state index in [9.17, 15) is 35.4 Å². The molecule has 6 N–H and O–H groups in total. The van der Waals surface area contributed by atoms with Gasteiger partial charge in [0.15, 0.2) is 12.6 Å². The molecule has 13 heteroatoms. The number of fused-ring (bicyclic) bond motifs is 5. The highest BCUT2D eigenvalue weighted by Gasteiger charge is 2.63. The minimum absolute atomic E-state index is 0.0374. The number of rotatable bonds is 10. The Morgan fingerprint density at radius 2 is 1.65 bits per heavy atom. The summed E-state index contributed by atoms with van der Waals surface area (Å²) < 4.78 is 35.2. The van der Waals surface area contributed by atoms with E-state index >= 15 is 0 Å². The molecular formula is C41H60O13. The number of ether oxygens (including phenoxy) is 6. The SMILES string of the molecule is COc1ccc(OC)c(C2CC3C4CC=C5CC(OC6OC(CO)[C@@H](OC7CC(O)[C@H](O)C(CO)O7)C(O)C6O)CCC5(C)C4CCC3(C)C2C(C)=O)c1. The van der Waals surface area contributed by atoms with Gasteiger partial charge in [0.05, 0.1) is 39.6 Å². The zero-order valence-electron chi connectivity index (χ0n) is 32.1. The van der Waals surface area contributed by atoms with Crippen molar-refractivity contribution in [3.05, 3.63) is 35.4 Å². The fourth-order valence-corrected chi connectivity index (χ4v) is 11.8. The fraction of sp³-hybridized carbons (Fsp3) is 0.780. The molecule has 54 heavy (non-hydrogen) atoms. The van der Waals surface area contributed by atoms with Crippen molar-refractivity contribution in [2.24, 2.45) is 34.5 Å². The number of ketones is 1. The van der Waals surface area contributed by atoms with Crippen LogP contribution in [0.15, 0.2) is 29.8 Å². The molecule has 2 aliphatic heterocycles. The van der Waals surface area contributed by atoms with E-state index in [4.69, 9.17) is 28.4 Å². The number of Topliss-reactive ketones (excluding diaryl/α,β-unsaturated/α-hetero) is 1. The van der Waals surface area contributed by atoms with Crippen LogP contribution in [0.3, 0.4) is 0 Å². The van der Waals surface area contributed by atoms with Gasteiger partial charge in [0.25, 0.3) is 0 Å². The van der Waals surface area contributed by atoms with E-state index in [0.29, 0.717) is 24.2 Å². The summed E-state index contributed by atoms with van der Waals surface area (Å²) in [4.78, 5) is 13.5. The number of benzene rings is 1. The monoisotopic (exact) mass is 760 g/mol. The smallest absolute Gasteiger partial charge is 0.186 e. The van der Waals surface area contributed by atoms with Crippen LogP contribution in [0.5, 0.6) is 11.5 Å². The summed E-state index contributed by atoms with van der Waals surface area (Å²) in [6.45, 7) is 5.40.